The maximum atomic E-state index is 9.76. The van der Waals surface area contributed by atoms with Gasteiger partial charge in [-0.1, -0.05) is 5.16 Å². The average molecular weight is 215 g/mol. The van der Waals surface area contributed by atoms with Crippen molar-refractivity contribution in [2.45, 2.75) is 44.1 Å². The quantitative estimate of drug-likeness (QED) is 0.163. The number of hydrogen-bond donors (Lipinski definition) is 4. The van der Waals surface area contributed by atoms with E-state index in [9.17, 15) is 5.11 Å². The van der Waals surface area contributed by atoms with Gasteiger partial charge in [0.25, 0.3) is 0 Å². The second kappa shape index (κ2) is 5.92. The van der Waals surface area contributed by atoms with Crippen LogP contribution in [-0.4, -0.2) is 34.8 Å². The SMILES string of the molecule is NC(CCCCNCC1(O)CCC1)=NO. The van der Waals surface area contributed by atoms with E-state index in [-0.39, 0.29) is 5.84 Å². The molecule has 1 fully saturated rings. The van der Waals surface area contributed by atoms with Gasteiger partial charge in [-0.2, -0.15) is 0 Å². The van der Waals surface area contributed by atoms with E-state index < -0.39 is 5.60 Å². The van der Waals surface area contributed by atoms with E-state index in [1.165, 1.54) is 0 Å². The number of nitrogens with one attached hydrogen (secondary N) is 1. The molecule has 15 heavy (non-hydrogen) atoms. The Morgan fingerprint density at radius 2 is 2.13 bits per heavy atom. The zero-order valence-corrected chi connectivity index (χ0v) is 9.08. The lowest BCUT2D eigenvalue weighted by Crippen LogP contribution is -2.46. The van der Waals surface area contributed by atoms with Gasteiger partial charge in [0, 0.05) is 13.0 Å². The summed E-state index contributed by atoms with van der Waals surface area (Å²) < 4.78 is 0. The molecule has 0 heterocycles. The molecule has 0 atom stereocenters. The lowest BCUT2D eigenvalue weighted by molar-refractivity contribution is -0.0311. The van der Waals surface area contributed by atoms with Crippen molar-refractivity contribution in [1.29, 1.82) is 0 Å². The minimum atomic E-state index is -0.439. The van der Waals surface area contributed by atoms with Crippen molar-refractivity contribution < 1.29 is 10.3 Å². The summed E-state index contributed by atoms with van der Waals surface area (Å²) in [6, 6.07) is 0. The highest BCUT2D eigenvalue weighted by Gasteiger charge is 2.33. The summed E-state index contributed by atoms with van der Waals surface area (Å²) in [6.45, 7) is 1.57. The highest BCUT2D eigenvalue weighted by atomic mass is 16.4. The van der Waals surface area contributed by atoms with Crippen LogP contribution in [0.2, 0.25) is 0 Å². The average Bonchev–Trinajstić information content (AvgIpc) is 2.20. The first kappa shape index (κ1) is 12.3. The molecular formula is C10H21N3O2. The van der Waals surface area contributed by atoms with Gasteiger partial charge in [-0.25, -0.2) is 0 Å². The maximum absolute atomic E-state index is 9.76. The summed E-state index contributed by atoms with van der Waals surface area (Å²) in [7, 11) is 0. The Morgan fingerprint density at radius 3 is 2.67 bits per heavy atom. The highest BCUT2D eigenvalue weighted by Crippen LogP contribution is 2.30. The van der Waals surface area contributed by atoms with Crippen LogP contribution in [0.3, 0.4) is 0 Å². The number of amidine groups is 1. The first-order chi connectivity index (χ1) is 7.16. The van der Waals surface area contributed by atoms with Crippen LogP contribution in [0.5, 0.6) is 0 Å². The molecule has 0 saturated heterocycles. The van der Waals surface area contributed by atoms with Crippen molar-refractivity contribution >= 4 is 5.84 Å². The van der Waals surface area contributed by atoms with Gasteiger partial charge >= 0.3 is 0 Å². The number of rotatable bonds is 7. The number of hydrogen-bond acceptors (Lipinski definition) is 4. The molecule has 0 radical (unpaired) electrons. The predicted octanol–water partition coefficient (Wildman–Crippen LogP) is 0.408. The smallest absolute Gasteiger partial charge is 0.139 e. The lowest BCUT2D eigenvalue weighted by atomic mass is 9.80. The first-order valence-corrected chi connectivity index (χ1v) is 5.56. The molecule has 5 nitrogen and oxygen atoms in total. The van der Waals surface area contributed by atoms with Crippen molar-refractivity contribution in [3.63, 3.8) is 0 Å². The van der Waals surface area contributed by atoms with Crippen LogP contribution in [0.1, 0.15) is 38.5 Å². The molecule has 1 rings (SSSR count). The summed E-state index contributed by atoms with van der Waals surface area (Å²) >= 11 is 0. The van der Waals surface area contributed by atoms with Crippen LogP contribution in [0.25, 0.3) is 0 Å². The summed E-state index contributed by atoms with van der Waals surface area (Å²) in [5.74, 6) is 0.285. The van der Waals surface area contributed by atoms with Crippen LogP contribution >= 0.6 is 0 Å². The molecule has 1 aliphatic rings. The second-order valence-corrected chi connectivity index (χ2v) is 4.30. The van der Waals surface area contributed by atoms with Gasteiger partial charge in [0.15, 0.2) is 0 Å². The first-order valence-electron chi connectivity index (χ1n) is 5.56. The third kappa shape index (κ3) is 4.48. The minimum Gasteiger partial charge on any atom is -0.409 e. The number of unbranched alkanes of at least 4 members (excludes halogenated alkanes) is 1. The fourth-order valence-electron chi connectivity index (χ4n) is 1.69. The number of aliphatic hydroxyl groups is 1. The Kier molecular flexibility index (Phi) is 4.84. The Labute approximate surface area is 90.3 Å². The molecule has 88 valence electrons. The molecule has 0 aromatic heterocycles. The largest absolute Gasteiger partial charge is 0.409 e. The molecule has 0 aromatic carbocycles. The van der Waals surface area contributed by atoms with Crippen LogP contribution in [0.4, 0.5) is 0 Å². The van der Waals surface area contributed by atoms with E-state index in [0.29, 0.717) is 13.0 Å². The molecule has 0 aliphatic heterocycles. The van der Waals surface area contributed by atoms with Gasteiger partial charge in [-0.05, 0) is 38.6 Å². The van der Waals surface area contributed by atoms with Gasteiger partial charge in [0.2, 0.25) is 0 Å². The number of nitrogens with zero attached hydrogens (tertiary/aromatic N) is 1. The van der Waals surface area contributed by atoms with Crippen molar-refractivity contribution in [1.82, 2.24) is 5.32 Å². The van der Waals surface area contributed by atoms with E-state index >= 15 is 0 Å². The molecule has 1 saturated carbocycles. The fourth-order valence-corrected chi connectivity index (χ4v) is 1.69. The molecule has 0 bridgehead atoms. The Morgan fingerprint density at radius 1 is 1.40 bits per heavy atom. The van der Waals surface area contributed by atoms with E-state index in [1.807, 2.05) is 0 Å². The summed E-state index contributed by atoms with van der Waals surface area (Å²) in [5, 5.41) is 24.2. The van der Waals surface area contributed by atoms with Crippen molar-refractivity contribution in [3.8, 4) is 0 Å². The summed E-state index contributed by atoms with van der Waals surface area (Å²) in [5.41, 5.74) is 4.89. The van der Waals surface area contributed by atoms with Gasteiger partial charge in [-0.15, -0.1) is 0 Å². The van der Waals surface area contributed by atoms with E-state index in [2.05, 4.69) is 10.5 Å². The van der Waals surface area contributed by atoms with Gasteiger partial charge in [0.05, 0.1) is 5.60 Å². The van der Waals surface area contributed by atoms with E-state index in [0.717, 1.165) is 38.6 Å². The van der Waals surface area contributed by atoms with Crippen molar-refractivity contribution in [2.75, 3.05) is 13.1 Å². The topological polar surface area (TPSA) is 90.9 Å². The molecule has 1 aliphatic carbocycles. The number of nitrogens with two attached hydrogens (primary N) is 1. The predicted molar refractivity (Wildman–Crippen MR) is 58.9 cm³/mol. The molecule has 0 unspecified atom stereocenters. The zero-order valence-electron chi connectivity index (χ0n) is 9.08. The zero-order chi connectivity index (χ0) is 11.1. The molecule has 0 amide bonds. The normalized spacial score (nSPS) is 19.9. The van der Waals surface area contributed by atoms with E-state index in [1.54, 1.807) is 0 Å². The number of oxime groups is 1. The van der Waals surface area contributed by atoms with Gasteiger partial charge in [0.1, 0.15) is 5.84 Å². The van der Waals surface area contributed by atoms with Crippen LogP contribution in [-0.2, 0) is 0 Å². The Balaban J connectivity index is 1.89. The Hall–Kier alpha value is -0.810. The van der Waals surface area contributed by atoms with E-state index in [4.69, 9.17) is 10.9 Å². The molecule has 5 N–H and O–H groups in total. The monoisotopic (exact) mass is 215 g/mol. The van der Waals surface area contributed by atoms with Gasteiger partial charge in [-0.3, -0.25) is 0 Å². The molecule has 5 heteroatoms. The molecular weight excluding hydrogens is 194 g/mol. The summed E-state index contributed by atoms with van der Waals surface area (Å²) in [4.78, 5) is 0. The maximum Gasteiger partial charge on any atom is 0.139 e. The van der Waals surface area contributed by atoms with Crippen LogP contribution in [0.15, 0.2) is 5.16 Å². The lowest BCUT2D eigenvalue weighted by Gasteiger charge is -2.36. The minimum absolute atomic E-state index is 0.285. The van der Waals surface area contributed by atoms with Crippen molar-refractivity contribution in [2.24, 2.45) is 10.9 Å². The fraction of sp³-hybridized carbons (Fsp3) is 0.900. The second-order valence-electron chi connectivity index (χ2n) is 4.30. The third-order valence-corrected chi connectivity index (χ3v) is 2.90. The van der Waals surface area contributed by atoms with Crippen LogP contribution < -0.4 is 11.1 Å². The summed E-state index contributed by atoms with van der Waals surface area (Å²) in [6.07, 6.45) is 5.49. The van der Waals surface area contributed by atoms with Crippen molar-refractivity contribution in [3.05, 3.63) is 0 Å². The molecule has 0 spiro atoms. The third-order valence-electron chi connectivity index (χ3n) is 2.90. The van der Waals surface area contributed by atoms with Gasteiger partial charge < -0.3 is 21.4 Å². The Bertz CT molecular complexity index is 215. The standard InChI is InChI=1S/C10H21N3O2/c11-9(13-15)4-1-2-7-12-8-10(14)5-3-6-10/h12,14-15H,1-8H2,(H2,11,13). The van der Waals surface area contributed by atoms with Crippen LogP contribution in [0, 0.1) is 0 Å². The highest BCUT2D eigenvalue weighted by molar-refractivity contribution is 5.79. The molecule has 0 aromatic rings.